The van der Waals surface area contributed by atoms with Crippen molar-refractivity contribution < 1.29 is 27.0 Å². The zero-order valence-corrected chi connectivity index (χ0v) is 25.1. The summed E-state index contributed by atoms with van der Waals surface area (Å²) in [7, 11) is 0. The standard InChI is InChI=1S/C30H28ClF4N9O2/c31-19-3-1-17(2-4-19)11-24-36-14-22(32)28(39-24)46-20-5-8-43(9-6-20)16-25-38-23-12-18(26-40-29(42-41-26)30(33,34)35)13-37-27(23)44(25)15-21-7-10-45-21/h1-4,12-14,20-21H,5-11,15-16H2,(H,40,41,42). The minimum atomic E-state index is -4.64. The van der Waals surface area contributed by atoms with Crippen LogP contribution in [0.4, 0.5) is 17.6 Å². The monoisotopic (exact) mass is 657 g/mol. The molecule has 0 spiro atoms. The lowest BCUT2D eigenvalue weighted by atomic mass is 10.1. The highest BCUT2D eigenvalue weighted by atomic mass is 35.5. The molecule has 46 heavy (non-hydrogen) atoms. The topological polar surface area (TPSA) is 120 Å². The molecule has 6 heterocycles. The average molecular weight is 658 g/mol. The summed E-state index contributed by atoms with van der Waals surface area (Å²) in [6.07, 6.45) is 0.407. The first-order chi connectivity index (χ1) is 22.2. The molecule has 0 bridgehead atoms. The van der Waals surface area contributed by atoms with E-state index in [-0.39, 0.29) is 23.9 Å². The van der Waals surface area contributed by atoms with Crippen LogP contribution in [0.2, 0.25) is 5.02 Å². The summed E-state index contributed by atoms with van der Waals surface area (Å²) < 4.78 is 67.4. The molecule has 0 aliphatic carbocycles. The Morgan fingerprint density at radius 1 is 1.02 bits per heavy atom. The Morgan fingerprint density at radius 2 is 1.80 bits per heavy atom. The Balaban J connectivity index is 1.03. The predicted molar refractivity (Wildman–Crippen MR) is 157 cm³/mol. The third-order valence-electron chi connectivity index (χ3n) is 8.09. The summed E-state index contributed by atoms with van der Waals surface area (Å²) in [5.41, 5.74) is 2.43. The molecule has 1 N–H and O–H groups in total. The van der Waals surface area contributed by atoms with Gasteiger partial charge >= 0.3 is 6.18 Å². The highest BCUT2D eigenvalue weighted by molar-refractivity contribution is 6.30. The highest BCUT2D eigenvalue weighted by Gasteiger charge is 2.35. The van der Waals surface area contributed by atoms with Gasteiger partial charge in [0, 0.05) is 42.9 Å². The molecule has 0 radical (unpaired) electrons. The number of pyridine rings is 1. The fourth-order valence-corrected chi connectivity index (χ4v) is 5.66. The lowest BCUT2D eigenvalue weighted by Gasteiger charge is -2.32. The van der Waals surface area contributed by atoms with E-state index in [0.29, 0.717) is 79.6 Å². The zero-order chi connectivity index (χ0) is 31.8. The molecule has 4 aromatic heterocycles. The number of hydrogen-bond donors (Lipinski definition) is 1. The number of hydrogen-bond acceptors (Lipinski definition) is 9. The molecule has 2 fully saturated rings. The number of nitrogens with one attached hydrogen (secondary N) is 1. The van der Waals surface area contributed by atoms with Crippen molar-refractivity contribution in [3.63, 3.8) is 0 Å². The van der Waals surface area contributed by atoms with Gasteiger partial charge in [-0.1, -0.05) is 23.7 Å². The Hall–Kier alpha value is -4.21. The maximum atomic E-state index is 14.6. The number of benzene rings is 1. The van der Waals surface area contributed by atoms with Crippen molar-refractivity contribution in [2.75, 3.05) is 19.7 Å². The Bertz CT molecular complexity index is 1830. The van der Waals surface area contributed by atoms with Crippen molar-refractivity contribution in [2.45, 2.75) is 57.2 Å². The number of aromatic amines is 1. The molecule has 0 saturated carbocycles. The van der Waals surface area contributed by atoms with Crippen molar-refractivity contribution in [3.8, 4) is 17.3 Å². The van der Waals surface area contributed by atoms with E-state index in [2.05, 4.69) is 35.0 Å². The first-order valence-electron chi connectivity index (χ1n) is 14.8. The highest BCUT2D eigenvalue weighted by Crippen LogP contribution is 2.29. The maximum Gasteiger partial charge on any atom is 0.451 e. The second-order valence-electron chi connectivity index (χ2n) is 11.3. The first-order valence-corrected chi connectivity index (χ1v) is 15.2. The molecule has 0 amide bonds. The number of piperidine rings is 1. The van der Waals surface area contributed by atoms with Crippen LogP contribution in [-0.4, -0.2) is 76.5 Å². The van der Waals surface area contributed by atoms with E-state index in [1.54, 1.807) is 18.2 Å². The number of likely N-dealkylation sites (tertiary alicyclic amines) is 1. The van der Waals surface area contributed by atoms with Crippen LogP contribution in [0.5, 0.6) is 5.88 Å². The van der Waals surface area contributed by atoms with Crippen LogP contribution in [0.15, 0.2) is 42.7 Å². The fourth-order valence-electron chi connectivity index (χ4n) is 5.53. The van der Waals surface area contributed by atoms with E-state index in [9.17, 15) is 17.6 Å². The summed E-state index contributed by atoms with van der Waals surface area (Å²) in [4.78, 5) is 22.3. The van der Waals surface area contributed by atoms with Gasteiger partial charge in [0.05, 0.1) is 25.4 Å². The molecule has 16 heteroatoms. The van der Waals surface area contributed by atoms with Crippen molar-refractivity contribution in [1.82, 2.24) is 44.6 Å². The number of fused-ring (bicyclic) bond motifs is 1. The summed E-state index contributed by atoms with van der Waals surface area (Å²) in [5, 5.41) is 7.49. The number of alkyl halides is 3. The molecule has 2 aliphatic rings. The summed E-state index contributed by atoms with van der Waals surface area (Å²) in [6, 6.07) is 8.96. The molecule has 1 atom stereocenters. The number of halogens is 5. The predicted octanol–water partition coefficient (Wildman–Crippen LogP) is 5.24. The number of nitrogens with zero attached hydrogens (tertiary/aromatic N) is 8. The third kappa shape index (κ3) is 6.66. The molecule has 5 aromatic rings. The van der Waals surface area contributed by atoms with E-state index in [4.69, 9.17) is 26.1 Å². The van der Waals surface area contributed by atoms with Gasteiger partial charge in [0.2, 0.25) is 11.6 Å². The van der Waals surface area contributed by atoms with Crippen LogP contribution in [-0.2, 0) is 30.4 Å². The largest absolute Gasteiger partial charge is 0.472 e. The van der Waals surface area contributed by atoms with Gasteiger partial charge in [0.25, 0.3) is 5.88 Å². The van der Waals surface area contributed by atoms with E-state index in [1.165, 1.54) is 6.20 Å². The van der Waals surface area contributed by atoms with Crippen molar-refractivity contribution in [2.24, 2.45) is 0 Å². The van der Waals surface area contributed by atoms with Gasteiger partial charge in [0.1, 0.15) is 23.3 Å². The number of aromatic nitrogens is 8. The second-order valence-corrected chi connectivity index (χ2v) is 11.8. The molecule has 2 saturated heterocycles. The van der Waals surface area contributed by atoms with Crippen molar-refractivity contribution >= 4 is 22.8 Å². The molecule has 1 unspecified atom stereocenters. The van der Waals surface area contributed by atoms with Crippen LogP contribution in [0.1, 0.15) is 42.3 Å². The van der Waals surface area contributed by atoms with Gasteiger partial charge in [-0.05, 0) is 43.0 Å². The van der Waals surface area contributed by atoms with E-state index >= 15 is 0 Å². The van der Waals surface area contributed by atoms with Crippen LogP contribution in [0.3, 0.4) is 0 Å². The van der Waals surface area contributed by atoms with Gasteiger partial charge < -0.3 is 19.0 Å². The molecular formula is C30H28ClF4N9O2. The molecule has 2 aliphatic heterocycles. The first kappa shape index (κ1) is 30.4. The van der Waals surface area contributed by atoms with E-state index in [0.717, 1.165) is 24.0 Å². The fraction of sp³-hybridized carbons (Fsp3) is 0.400. The zero-order valence-electron chi connectivity index (χ0n) is 24.3. The second kappa shape index (κ2) is 12.5. The smallest absolute Gasteiger partial charge is 0.451 e. The van der Waals surface area contributed by atoms with Gasteiger partial charge in [-0.2, -0.15) is 22.5 Å². The van der Waals surface area contributed by atoms with Gasteiger partial charge in [-0.15, -0.1) is 10.2 Å². The number of imidazole rings is 1. The van der Waals surface area contributed by atoms with Gasteiger partial charge in [-0.3, -0.25) is 4.90 Å². The lowest BCUT2D eigenvalue weighted by Crippen LogP contribution is -2.39. The lowest BCUT2D eigenvalue weighted by molar-refractivity contribution is -0.144. The van der Waals surface area contributed by atoms with Crippen LogP contribution in [0.25, 0.3) is 22.6 Å². The van der Waals surface area contributed by atoms with E-state index in [1.807, 2.05) is 16.7 Å². The third-order valence-corrected chi connectivity index (χ3v) is 8.34. The van der Waals surface area contributed by atoms with Crippen molar-refractivity contribution in [3.05, 3.63) is 76.6 Å². The minimum Gasteiger partial charge on any atom is -0.472 e. The average Bonchev–Trinajstić information content (AvgIpc) is 3.64. The normalized spacial score (nSPS) is 17.8. The summed E-state index contributed by atoms with van der Waals surface area (Å²) >= 11 is 5.97. The molecule has 7 rings (SSSR count). The van der Waals surface area contributed by atoms with Crippen molar-refractivity contribution in [1.29, 1.82) is 0 Å². The summed E-state index contributed by atoms with van der Waals surface area (Å²) in [5.74, 6) is -0.677. The van der Waals surface area contributed by atoms with Gasteiger partial charge in [-0.25, -0.2) is 15.0 Å². The van der Waals surface area contributed by atoms with Crippen LogP contribution >= 0.6 is 11.6 Å². The Morgan fingerprint density at radius 3 is 2.50 bits per heavy atom. The Labute approximate surface area is 265 Å². The van der Waals surface area contributed by atoms with Crippen LogP contribution in [0, 0.1) is 5.82 Å². The molecular weight excluding hydrogens is 630 g/mol. The molecule has 11 nitrogen and oxygen atoms in total. The number of H-pyrrole nitrogens is 1. The number of ether oxygens (including phenoxy) is 2. The quantitative estimate of drug-likeness (QED) is 0.212. The van der Waals surface area contributed by atoms with Crippen LogP contribution < -0.4 is 4.74 Å². The molecule has 1 aromatic carbocycles. The minimum absolute atomic E-state index is 0.0349. The number of rotatable bonds is 9. The summed E-state index contributed by atoms with van der Waals surface area (Å²) in [6.45, 7) is 3.12. The Kier molecular flexibility index (Phi) is 8.29. The van der Waals surface area contributed by atoms with E-state index < -0.39 is 17.8 Å². The SMILES string of the molecule is Fc1cnc(Cc2ccc(Cl)cc2)nc1OC1CCN(Cc2nc3cc(-c4nnc(C(F)(F)F)[nH]4)cnc3n2CC2CCO2)CC1. The van der Waals surface area contributed by atoms with Gasteiger partial charge in [0.15, 0.2) is 11.5 Å². The maximum absolute atomic E-state index is 14.6. The molecule has 240 valence electrons.